The Morgan fingerprint density at radius 3 is 2.41 bits per heavy atom. The fourth-order valence-corrected chi connectivity index (χ4v) is 2.27. The molecule has 1 unspecified atom stereocenters. The van der Waals surface area contributed by atoms with Crippen LogP contribution < -0.4 is 5.32 Å². The van der Waals surface area contributed by atoms with Gasteiger partial charge >= 0.3 is 0 Å². The van der Waals surface area contributed by atoms with E-state index in [1.165, 1.54) is 12.8 Å². The molecule has 2 fully saturated rings. The number of carbonyl (C=O) groups excluding carboxylic acids is 2. The van der Waals surface area contributed by atoms with Crippen molar-refractivity contribution in [1.82, 2.24) is 10.2 Å². The van der Waals surface area contributed by atoms with Gasteiger partial charge in [-0.2, -0.15) is 0 Å². The first kappa shape index (κ1) is 12.4. The van der Waals surface area contributed by atoms with Crippen LogP contribution >= 0.6 is 0 Å². The second-order valence-electron chi connectivity index (χ2n) is 6.15. The van der Waals surface area contributed by atoms with Gasteiger partial charge in [0.2, 0.25) is 11.8 Å². The zero-order valence-corrected chi connectivity index (χ0v) is 11.1. The fraction of sp³-hybridized carbons (Fsp3) is 0.846. The van der Waals surface area contributed by atoms with Crippen LogP contribution in [0.25, 0.3) is 0 Å². The molecule has 0 aromatic rings. The zero-order valence-electron chi connectivity index (χ0n) is 11.1. The first-order valence-electron chi connectivity index (χ1n) is 6.46. The van der Waals surface area contributed by atoms with Crippen molar-refractivity contribution in [1.29, 1.82) is 0 Å². The third-order valence-corrected chi connectivity index (χ3v) is 3.85. The summed E-state index contributed by atoms with van der Waals surface area (Å²) in [4.78, 5) is 26.3. The number of piperazine rings is 1. The second-order valence-corrected chi connectivity index (χ2v) is 6.15. The van der Waals surface area contributed by atoms with Crippen LogP contribution in [0, 0.1) is 11.8 Å². The van der Waals surface area contributed by atoms with Crippen LogP contribution in [0.4, 0.5) is 0 Å². The number of nitrogens with one attached hydrogen (secondary N) is 1. The molecule has 1 saturated heterocycles. The molecule has 0 aromatic carbocycles. The molecule has 2 aliphatic rings. The van der Waals surface area contributed by atoms with Crippen molar-refractivity contribution in [3.8, 4) is 0 Å². The van der Waals surface area contributed by atoms with Crippen molar-refractivity contribution in [2.45, 2.75) is 52.1 Å². The number of carbonyl (C=O) groups is 2. The van der Waals surface area contributed by atoms with Gasteiger partial charge in [0, 0.05) is 6.54 Å². The average molecular weight is 238 g/mol. The van der Waals surface area contributed by atoms with Crippen molar-refractivity contribution < 1.29 is 9.59 Å². The van der Waals surface area contributed by atoms with Crippen molar-refractivity contribution in [3.05, 3.63) is 0 Å². The minimum Gasteiger partial charge on any atom is -0.342 e. The van der Waals surface area contributed by atoms with Crippen molar-refractivity contribution in [3.63, 3.8) is 0 Å². The van der Waals surface area contributed by atoms with E-state index in [1.807, 2.05) is 27.7 Å². The Hall–Kier alpha value is -1.06. The van der Waals surface area contributed by atoms with E-state index in [4.69, 9.17) is 0 Å². The highest BCUT2D eigenvalue weighted by atomic mass is 16.2. The Balaban J connectivity index is 2.22. The van der Waals surface area contributed by atoms with Crippen LogP contribution in [-0.2, 0) is 9.59 Å². The van der Waals surface area contributed by atoms with Crippen LogP contribution in [0.2, 0.25) is 0 Å². The lowest BCUT2D eigenvalue weighted by atomic mass is 9.91. The highest BCUT2D eigenvalue weighted by molar-refractivity contribution is 5.99. The van der Waals surface area contributed by atoms with E-state index in [0.29, 0.717) is 5.92 Å². The van der Waals surface area contributed by atoms with Gasteiger partial charge in [0.05, 0.1) is 0 Å². The molecule has 1 atom stereocenters. The van der Waals surface area contributed by atoms with Gasteiger partial charge in [0.25, 0.3) is 0 Å². The SMILES string of the molecule is CC(C)C1NC(=O)C(C)(C)N(CC2CC2)C1=O. The van der Waals surface area contributed by atoms with E-state index in [9.17, 15) is 9.59 Å². The van der Waals surface area contributed by atoms with Gasteiger partial charge in [-0.25, -0.2) is 0 Å². The van der Waals surface area contributed by atoms with E-state index in [1.54, 1.807) is 4.90 Å². The predicted octanol–water partition coefficient (Wildman–Crippen LogP) is 1.16. The van der Waals surface area contributed by atoms with E-state index >= 15 is 0 Å². The standard InChI is InChI=1S/C13H22N2O2/c1-8(2)10-11(16)15(7-9-5-6-9)13(3,4)12(17)14-10/h8-10H,5-7H2,1-4H3,(H,14,17). The molecule has 1 aliphatic heterocycles. The van der Waals surface area contributed by atoms with Crippen LogP contribution in [0.15, 0.2) is 0 Å². The van der Waals surface area contributed by atoms with Gasteiger partial charge in [-0.1, -0.05) is 13.8 Å². The first-order chi connectivity index (χ1) is 7.84. The molecule has 96 valence electrons. The van der Waals surface area contributed by atoms with Gasteiger partial charge in [0.15, 0.2) is 0 Å². The van der Waals surface area contributed by atoms with E-state index < -0.39 is 5.54 Å². The molecular weight excluding hydrogens is 216 g/mol. The molecule has 0 spiro atoms. The molecule has 0 aromatic heterocycles. The maximum absolute atomic E-state index is 12.4. The Bertz CT molecular complexity index is 345. The monoisotopic (exact) mass is 238 g/mol. The Morgan fingerprint density at radius 1 is 1.35 bits per heavy atom. The molecule has 4 nitrogen and oxygen atoms in total. The Kier molecular flexibility index (Phi) is 2.92. The molecule has 1 saturated carbocycles. The van der Waals surface area contributed by atoms with Crippen molar-refractivity contribution in [2.75, 3.05) is 6.54 Å². The van der Waals surface area contributed by atoms with Crippen molar-refractivity contribution in [2.24, 2.45) is 11.8 Å². The minimum absolute atomic E-state index is 0.0311. The highest BCUT2D eigenvalue weighted by Gasteiger charge is 2.48. The molecule has 1 heterocycles. The molecule has 0 radical (unpaired) electrons. The first-order valence-corrected chi connectivity index (χ1v) is 6.46. The van der Waals surface area contributed by atoms with E-state index in [-0.39, 0.29) is 23.8 Å². The van der Waals surface area contributed by atoms with E-state index in [0.717, 1.165) is 6.54 Å². The van der Waals surface area contributed by atoms with E-state index in [2.05, 4.69) is 5.32 Å². The maximum Gasteiger partial charge on any atom is 0.246 e. The summed E-state index contributed by atoms with van der Waals surface area (Å²) in [6.07, 6.45) is 2.38. The average Bonchev–Trinajstić information content (AvgIpc) is 3.02. The number of rotatable bonds is 3. The lowest BCUT2D eigenvalue weighted by Crippen LogP contribution is -2.69. The highest BCUT2D eigenvalue weighted by Crippen LogP contribution is 2.34. The third-order valence-electron chi connectivity index (χ3n) is 3.85. The number of nitrogens with zero attached hydrogens (tertiary/aromatic N) is 1. The summed E-state index contributed by atoms with van der Waals surface area (Å²) in [5, 5.41) is 2.85. The van der Waals surface area contributed by atoms with Crippen LogP contribution in [-0.4, -0.2) is 34.8 Å². The topological polar surface area (TPSA) is 49.4 Å². The number of amides is 2. The fourth-order valence-electron chi connectivity index (χ4n) is 2.27. The number of hydrogen-bond acceptors (Lipinski definition) is 2. The summed E-state index contributed by atoms with van der Waals surface area (Å²) >= 11 is 0. The summed E-state index contributed by atoms with van der Waals surface area (Å²) in [5.41, 5.74) is -0.703. The Labute approximate surface area is 103 Å². The molecule has 2 rings (SSSR count). The molecule has 0 bridgehead atoms. The number of hydrogen-bond donors (Lipinski definition) is 1. The van der Waals surface area contributed by atoms with Crippen molar-refractivity contribution >= 4 is 11.8 Å². The predicted molar refractivity (Wildman–Crippen MR) is 65.3 cm³/mol. The van der Waals surface area contributed by atoms with Crippen LogP contribution in [0.1, 0.15) is 40.5 Å². The van der Waals surface area contributed by atoms with Gasteiger partial charge < -0.3 is 10.2 Å². The normalized spacial score (nSPS) is 28.5. The van der Waals surface area contributed by atoms with Gasteiger partial charge in [-0.05, 0) is 38.5 Å². The van der Waals surface area contributed by atoms with Gasteiger partial charge in [0.1, 0.15) is 11.6 Å². The lowest BCUT2D eigenvalue weighted by Gasteiger charge is -2.45. The van der Waals surface area contributed by atoms with Gasteiger partial charge in [-0.3, -0.25) is 9.59 Å². The molecule has 1 N–H and O–H groups in total. The molecule has 1 aliphatic carbocycles. The molecular formula is C13H22N2O2. The quantitative estimate of drug-likeness (QED) is 0.802. The minimum atomic E-state index is -0.703. The third kappa shape index (κ3) is 2.17. The summed E-state index contributed by atoms with van der Waals surface area (Å²) in [6, 6.07) is -0.353. The van der Waals surface area contributed by atoms with Crippen LogP contribution in [0.5, 0.6) is 0 Å². The maximum atomic E-state index is 12.4. The smallest absolute Gasteiger partial charge is 0.246 e. The largest absolute Gasteiger partial charge is 0.342 e. The lowest BCUT2D eigenvalue weighted by molar-refractivity contribution is -0.156. The summed E-state index contributed by atoms with van der Waals surface area (Å²) in [5.74, 6) is 0.800. The molecule has 4 heteroatoms. The Morgan fingerprint density at radius 2 is 1.94 bits per heavy atom. The summed E-state index contributed by atoms with van der Waals surface area (Å²) in [6.45, 7) is 8.34. The summed E-state index contributed by atoms with van der Waals surface area (Å²) in [7, 11) is 0. The second kappa shape index (κ2) is 4.00. The molecule has 2 amide bonds. The summed E-state index contributed by atoms with van der Waals surface area (Å²) < 4.78 is 0. The van der Waals surface area contributed by atoms with Gasteiger partial charge in [-0.15, -0.1) is 0 Å². The zero-order chi connectivity index (χ0) is 12.8. The molecule has 17 heavy (non-hydrogen) atoms. The van der Waals surface area contributed by atoms with Crippen LogP contribution in [0.3, 0.4) is 0 Å².